The summed E-state index contributed by atoms with van der Waals surface area (Å²) in [5.74, 6) is -1.18. The van der Waals surface area contributed by atoms with Crippen LogP contribution in [-0.2, 0) is 4.74 Å². The second kappa shape index (κ2) is 8.43. The Balaban J connectivity index is 1.60. The van der Waals surface area contributed by atoms with Gasteiger partial charge in [0.2, 0.25) is 0 Å². The molecule has 7 heteroatoms. The highest BCUT2D eigenvalue weighted by Gasteiger charge is 2.36. The van der Waals surface area contributed by atoms with Gasteiger partial charge in [-0.15, -0.1) is 0 Å². The van der Waals surface area contributed by atoms with Crippen LogP contribution in [0.2, 0.25) is 0 Å². The molecule has 0 fully saturated rings. The first kappa shape index (κ1) is 22.1. The molecule has 3 aromatic carbocycles. The van der Waals surface area contributed by atoms with Gasteiger partial charge in [-0.05, 0) is 75.7 Å². The van der Waals surface area contributed by atoms with E-state index in [2.05, 4.69) is 10.2 Å². The molecule has 1 heterocycles. The van der Waals surface area contributed by atoms with E-state index in [0.717, 1.165) is 10.5 Å². The van der Waals surface area contributed by atoms with E-state index in [0.29, 0.717) is 33.8 Å². The Kier molecular flexibility index (Phi) is 5.64. The monoisotopic (exact) mass is 441 g/mol. The SMILES string of the molecule is Cc1ccc(N2C(=O)c3ccccc3C2=O)cc1N=Nc1cccc(C(=O)OC(C)(C)C)c1. The summed E-state index contributed by atoms with van der Waals surface area (Å²) in [5, 5.41) is 8.56. The standard InChI is InChI=1S/C26H23N3O4/c1-16-12-13-19(29-23(30)20-10-5-6-11-21(20)24(29)31)15-22(16)28-27-18-9-7-8-17(14-18)25(32)33-26(2,3)4/h5-15H,1-4H3. The third kappa shape index (κ3) is 4.57. The summed E-state index contributed by atoms with van der Waals surface area (Å²) in [6.07, 6.45) is 0. The fourth-order valence-corrected chi connectivity index (χ4v) is 3.41. The molecule has 4 rings (SSSR count). The van der Waals surface area contributed by atoms with Gasteiger partial charge in [0.25, 0.3) is 11.8 Å². The number of ether oxygens (including phenoxy) is 1. The van der Waals surface area contributed by atoms with Gasteiger partial charge in [-0.1, -0.05) is 24.3 Å². The van der Waals surface area contributed by atoms with E-state index in [1.54, 1.807) is 87.5 Å². The fraction of sp³-hybridized carbons (Fsp3) is 0.192. The number of hydrogen-bond acceptors (Lipinski definition) is 6. The highest BCUT2D eigenvalue weighted by Crippen LogP contribution is 2.33. The molecule has 0 saturated heterocycles. The predicted octanol–water partition coefficient (Wildman–Crippen LogP) is 6.17. The number of anilines is 1. The average molecular weight is 441 g/mol. The number of fused-ring (bicyclic) bond motifs is 1. The third-order valence-electron chi connectivity index (χ3n) is 5.00. The topological polar surface area (TPSA) is 88.4 Å². The number of nitrogens with zero attached hydrogens (tertiary/aromatic N) is 3. The molecule has 1 aliphatic heterocycles. The predicted molar refractivity (Wildman–Crippen MR) is 125 cm³/mol. The van der Waals surface area contributed by atoms with Crippen LogP contribution in [-0.4, -0.2) is 23.4 Å². The Labute approximate surface area is 191 Å². The first-order valence-electron chi connectivity index (χ1n) is 10.5. The number of esters is 1. The largest absolute Gasteiger partial charge is 0.456 e. The molecule has 0 radical (unpaired) electrons. The molecule has 3 aromatic rings. The van der Waals surface area contributed by atoms with Crippen LogP contribution in [0, 0.1) is 6.92 Å². The first-order chi connectivity index (χ1) is 15.6. The average Bonchev–Trinajstić information content (AvgIpc) is 3.03. The number of rotatable bonds is 4. The quantitative estimate of drug-likeness (QED) is 0.275. The van der Waals surface area contributed by atoms with Crippen molar-refractivity contribution in [1.82, 2.24) is 0 Å². The van der Waals surface area contributed by atoms with Crippen molar-refractivity contribution in [3.63, 3.8) is 0 Å². The molecule has 0 bridgehead atoms. The van der Waals surface area contributed by atoms with Crippen LogP contribution < -0.4 is 4.90 Å². The van der Waals surface area contributed by atoms with Crippen molar-refractivity contribution in [3.8, 4) is 0 Å². The van der Waals surface area contributed by atoms with Crippen LogP contribution in [0.15, 0.2) is 77.0 Å². The minimum atomic E-state index is -0.601. The number of hydrogen-bond donors (Lipinski definition) is 0. The van der Waals surface area contributed by atoms with Gasteiger partial charge in [-0.25, -0.2) is 9.69 Å². The van der Waals surface area contributed by atoms with E-state index in [-0.39, 0.29) is 11.8 Å². The lowest BCUT2D eigenvalue weighted by Crippen LogP contribution is -2.29. The Morgan fingerprint density at radius 3 is 2.15 bits per heavy atom. The maximum Gasteiger partial charge on any atom is 0.338 e. The van der Waals surface area contributed by atoms with Crippen molar-refractivity contribution in [2.45, 2.75) is 33.3 Å². The minimum absolute atomic E-state index is 0.368. The lowest BCUT2D eigenvalue weighted by molar-refractivity contribution is 0.00693. The smallest absolute Gasteiger partial charge is 0.338 e. The molecule has 0 aliphatic carbocycles. The van der Waals surface area contributed by atoms with Crippen LogP contribution in [0.3, 0.4) is 0 Å². The maximum atomic E-state index is 12.8. The molecule has 2 amide bonds. The number of carbonyl (C=O) groups excluding carboxylic acids is 3. The van der Waals surface area contributed by atoms with Crippen LogP contribution >= 0.6 is 0 Å². The maximum absolute atomic E-state index is 12.8. The Hall–Kier alpha value is -4.13. The van der Waals surface area contributed by atoms with Gasteiger partial charge in [-0.2, -0.15) is 10.2 Å². The van der Waals surface area contributed by atoms with E-state index >= 15 is 0 Å². The molecular weight excluding hydrogens is 418 g/mol. The van der Waals surface area contributed by atoms with E-state index in [4.69, 9.17) is 4.74 Å². The van der Waals surface area contributed by atoms with E-state index < -0.39 is 11.6 Å². The Bertz CT molecular complexity index is 1270. The lowest BCUT2D eigenvalue weighted by atomic mass is 10.1. The Morgan fingerprint density at radius 2 is 1.52 bits per heavy atom. The zero-order valence-corrected chi connectivity index (χ0v) is 18.8. The second-order valence-electron chi connectivity index (χ2n) is 8.71. The highest BCUT2D eigenvalue weighted by atomic mass is 16.6. The Morgan fingerprint density at radius 1 is 0.848 bits per heavy atom. The van der Waals surface area contributed by atoms with Crippen LogP contribution in [0.1, 0.15) is 57.4 Å². The summed E-state index contributed by atoms with van der Waals surface area (Å²) < 4.78 is 5.40. The van der Waals surface area contributed by atoms with E-state index in [1.165, 1.54) is 0 Å². The summed E-state index contributed by atoms with van der Waals surface area (Å²) in [5.41, 5.74) is 2.76. The molecule has 1 aliphatic rings. The van der Waals surface area contributed by atoms with Crippen LogP contribution in [0.4, 0.5) is 17.1 Å². The van der Waals surface area contributed by atoms with Crippen LogP contribution in [0.25, 0.3) is 0 Å². The summed E-state index contributed by atoms with van der Waals surface area (Å²) in [6.45, 7) is 7.27. The van der Waals surface area contributed by atoms with Crippen molar-refractivity contribution in [3.05, 3.63) is 89.0 Å². The molecule has 0 unspecified atom stereocenters. The molecule has 0 atom stereocenters. The molecule has 166 valence electrons. The first-order valence-corrected chi connectivity index (χ1v) is 10.5. The molecule has 0 saturated carbocycles. The number of imide groups is 1. The van der Waals surface area contributed by atoms with Gasteiger partial charge in [0.15, 0.2) is 0 Å². The molecule has 7 nitrogen and oxygen atoms in total. The molecular formula is C26H23N3O4. The lowest BCUT2D eigenvalue weighted by Gasteiger charge is -2.19. The molecule has 0 N–H and O–H groups in total. The third-order valence-corrected chi connectivity index (χ3v) is 5.00. The van der Waals surface area contributed by atoms with Crippen molar-refractivity contribution >= 4 is 34.8 Å². The number of aryl methyl sites for hydroxylation is 1. The molecule has 0 spiro atoms. The van der Waals surface area contributed by atoms with Crippen molar-refractivity contribution in [2.75, 3.05) is 4.90 Å². The zero-order valence-electron chi connectivity index (χ0n) is 18.8. The minimum Gasteiger partial charge on any atom is -0.456 e. The van der Waals surface area contributed by atoms with Gasteiger partial charge < -0.3 is 4.74 Å². The second-order valence-corrected chi connectivity index (χ2v) is 8.71. The van der Waals surface area contributed by atoms with Crippen molar-refractivity contribution in [2.24, 2.45) is 10.2 Å². The summed E-state index contributed by atoms with van der Waals surface area (Å²) in [4.78, 5) is 39.1. The summed E-state index contributed by atoms with van der Waals surface area (Å²) in [7, 11) is 0. The van der Waals surface area contributed by atoms with Gasteiger partial charge in [0, 0.05) is 0 Å². The van der Waals surface area contributed by atoms with Gasteiger partial charge in [-0.3, -0.25) is 9.59 Å². The van der Waals surface area contributed by atoms with Crippen LogP contribution in [0.5, 0.6) is 0 Å². The fourth-order valence-electron chi connectivity index (χ4n) is 3.41. The van der Waals surface area contributed by atoms with E-state index in [1.807, 2.05) is 6.92 Å². The summed E-state index contributed by atoms with van der Waals surface area (Å²) >= 11 is 0. The zero-order chi connectivity index (χ0) is 23.8. The number of azo groups is 1. The number of benzene rings is 3. The van der Waals surface area contributed by atoms with Gasteiger partial charge in [0.1, 0.15) is 5.60 Å². The normalized spacial score (nSPS) is 13.5. The molecule has 33 heavy (non-hydrogen) atoms. The number of carbonyl (C=O) groups is 3. The highest BCUT2D eigenvalue weighted by molar-refractivity contribution is 6.34. The summed E-state index contributed by atoms with van der Waals surface area (Å²) in [6, 6.07) is 18.6. The number of amides is 2. The van der Waals surface area contributed by atoms with Crippen molar-refractivity contribution in [1.29, 1.82) is 0 Å². The molecule has 0 aromatic heterocycles. The van der Waals surface area contributed by atoms with E-state index in [9.17, 15) is 14.4 Å². The van der Waals surface area contributed by atoms with Crippen molar-refractivity contribution < 1.29 is 19.1 Å². The van der Waals surface area contributed by atoms with Gasteiger partial charge >= 0.3 is 5.97 Å². The van der Waals surface area contributed by atoms with Gasteiger partial charge in [0.05, 0.1) is 33.8 Å².